The fourth-order valence-corrected chi connectivity index (χ4v) is 6.24. The standard InChI is InChI=1S/C28H22IN3O6/c1-2-38-22-10-6-9-17(25(22)34)23-16-11-12-30-27(36)31(15-7-4-3-5-8-15)28(37)32(30)20(16)13-18-21(33)14-19(29)26(35)24(18)23/h3-11,14,20,23,34H,2,12-13H2,1H3/t20-,23-/m1/s1. The number of ketones is 2. The maximum absolute atomic E-state index is 13.7. The molecular formula is C28H22IN3O6. The number of allylic oxidation sites excluding steroid dienone is 6. The number of fused-ring (bicyclic) bond motifs is 3. The lowest BCUT2D eigenvalue weighted by molar-refractivity contribution is -0.115. The molecule has 0 unspecified atom stereocenters. The van der Waals surface area contributed by atoms with Gasteiger partial charge in [-0.2, -0.15) is 0 Å². The molecule has 38 heavy (non-hydrogen) atoms. The summed E-state index contributed by atoms with van der Waals surface area (Å²) in [6, 6.07) is 13.0. The number of carbonyl (C=O) groups is 2. The minimum absolute atomic E-state index is 0.0761. The molecule has 9 nitrogen and oxygen atoms in total. The van der Waals surface area contributed by atoms with Crippen LogP contribution >= 0.6 is 22.6 Å². The average molecular weight is 623 g/mol. The van der Waals surface area contributed by atoms with E-state index < -0.39 is 23.3 Å². The number of aromatic hydroxyl groups is 1. The lowest BCUT2D eigenvalue weighted by Gasteiger charge is -2.39. The molecule has 192 valence electrons. The van der Waals surface area contributed by atoms with Gasteiger partial charge in [0.25, 0.3) is 0 Å². The summed E-state index contributed by atoms with van der Waals surface area (Å²) in [4.78, 5) is 53.8. The molecule has 0 amide bonds. The number of Topliss-reactive ketones (excluding diaryl/α,β-unsaturated/α-hetero) is 1. The van der Waals surface area contributed by atoms with Crippen molar-refractivity contribution < 1.29 is 19.4 Å². The number of carbonyl (C=O) groups excluding carboxylic acids is 2. The number of ether oxygens (including phenoxy) is 1. The van der Waals surface area contributed by atoms with Crippen molar-refractivity contribution in [2.24, 2.45) is 0 Å². The number of rotatable bonds is 4. The van der Waals surface area contributed by atoms with Gasteiger partial charge in [-0.1, -0.05) is 36.4 Å². The predicted octanol–water partition coefficient (Wildman–Crippen LogP) is 3.34. The summed E-state index contributed by atoms with van der Waals surface area (Å²) in [5, 5.41) is 11.2. The second kappa shape index (κ2) is 9.12. The molecule has 0 saturated heterocycles. The third-order valence-corrected chi connectivity index (χ3v) is 8.06. The van der Waals surface area contributed by atoms with Gasteiger partial charge in [-0.3, -0.25) is 9.59 Å². The predicted molar refractivity (Wildman–Crippen MR) is 147 cm³/mol. The van der Waals surface area contributed by atoms with Gasteiger partial charge < -0.3 is 9.84 Å². The van der Waals surface area contributed by atoms with Crippen LogP contribution in [-0.2, 0) is 16.1 Å². The van der Waals surface area contributed by atoms with Gasteiger partial charge in [0.1, 0.15) is 0 Å². The first-order valence-corrected chi connectivity index (χ1v) is 13.2. The van der Waals surface area contributed by atoms with Gasteiger partial charge in [0.05, 0.1) is 28.5 Å². The van der Waals surface area contributed by atoms with E-state index in [4.69, 9.17) is 4.74 Å². The normalized spacial score (nSPS) is 20.4. The van der Waals surface area contributed by atoms with Crippen molar-refractivity contribution in [3.05, 3.63) is 108 Å². The van der Waals surface area contributed by atoms with Crippen molar-refractivity contribution in [1.29, 1.82) is 0 Å². The molecule has 1 aromatic heterocycles. The van der Waals surface area contributed by atoms with E-state index in [2.05, 4.69) is 0 Å². The molecule has 2 atom stereocenters. The molecule has 0 bridgehead atoms. The van der Waals surface area contributed by atoms with Crippen molar-refractivity contribution in [2.75, 3.05) is 6.61 Å². The molecule has 10 heteroatoms. The van der Waals surface area contributed by atoms with Gasteiger partial charge in [-0.15, -0.1) is 0 Å². The van der Waals surface area contributed by atoms with Crippen LogP contribution in [0.15, 0.2) is 90.6 Å². The molecule has 2 aliphatic carbocycles. The summed E-state index contributed by atoms with van der Waals surface area (Å²) >= 11 is 1.86. The van der Waals surface area contributed by atoms with Gasteiger partial charge in [0.2, 0.25) is 0 Å². The molecule has 2 heterocycles. The van der Waals surface area contributed by atoms with E-state index in [0.717, 1.165) is 4.57 Å². The fraction of sp³-hybridized carbons (Fsp3) is 0.214. The van der Waals surface area contributed by atoms with Crippen LogP contribution in [0, 0.1) is 0 Å². The van der Waals surface area contributed by atoms with Gasteiger partial charge in [-0.05, 0) is 53.3 Å². The number of para-hydroxylation sites is 2. The highest BCUT2D eigenvalue weighted by molar-refractivity contribution is 14.1. The molecule has 0 fully saturated rings. The molecule has 0 spiro atoms. The molecule has 6 rings (SSSR count). The minimum atomic E-state index is -0.796. The maximum atomic E-state index is 13.7. The quantitative estimate of drug-likeness (QED) is 0.271. The van der Waals surface area contributed by atoms with E-state index in [1.165, 1.54) is 15.4 Å². The molecule has 0 radical (unpaired) electrons. The first kappa shape index (κ1) is 24.4. The van der Waals surface area contributed by atoms with Gasteiger partial charge in [0.15, 0.2) is 23.1 Å². The number of aromatic nitrogens is 3. The van der Waals surface area contributed by atoms with Crippen LogP contribution in [-0.4, -0.2) is 37.2 Å². The molecule has 0 saturated carbocycles. The van der Waals surface area contributed by atoms with Crippen molar-refractivity contribution in [3.63, 3.8) is 0 Å². The second-order valence-corrected chi connectivity index (χ2v) is 10.4. The Hall–Kier alpha value is -3.93. The first-order chi connectivity index (χ1) is 18.3. The highest BCUT2D eigenvalue weighted by Gasteiger charge is 2.46. The van der Waals surface area contributed by atoms with Crippen molar-refractivity contribution in [2.45, 2.75) is 31.8 Å². The number of hydrogen-bond donors (Lipinski definition) is 1. The van der Waals surface area contributed by atoms with E-state index >= 15 is 0 Å². The zero-order chi connectivity index (χ0) is 26.7. The molecular weight excluding hydrogens is 601 g/mol. The van der Waals surface area contributed by atoms with E-state index in [9.17, 15) is 24.3 Å². The van der Waals surface area contributed by atoms with E-state index in [1.54, 1.807) is 55.5 Å². The molecule has 1 aliphatic heterocycles. The zero-order valence-corrected chi connectivity index (χ0v) is 22.4. The number of halogens is 1. The lowest BCUT2D eigenvalue weighted by Crippen LogP contribution is -2.40. The highest BCUT2D eigenvalue weighted by atomic mass is 127. The summed E-state index contributed by atoms with van der Waals surface area (Å²) in [6.07, 6.45) is 3.20. The lowest BCUT2D eigenvalue weighted by atomic mass is 9.68. The Morgan fingerprint density at radius 3 is 2.53 bits per heavy atom. The number of phenolic OH excluding ortho intramolecular Hbond substituents is 1. The van der Waals surface area contributed by atoms with Crippen molar-refractivity contribution in [1.82, 2.24) is 13.9 Å². The van der Waals surface area contributed by atoms with Gasteiger partial charge >= 0.3 is 11.4 Å². The van der Waals surface area contributed by atoms with Crippen LogP contribution < -0.4 is 16.1 Å². The largest absolute Gasteiger partial charge is 0.504 e. The smallest absolute Gasteiger partial charge is 0.352 e. The fourth-order valence-electron chi connectivity index (χ4n) is 5.67. The SMILES string of the molecule is CCOc1cccc([C@H]2C3=CCn4c(=O)n(-c5ccccc5)c(=O)n4[C@@H]3CC3=C2C(=O)C(I)=CC3=O)c1O. The Kier molecular flexibility index (Phi) is 5.86. The summed E-state index contributed by atoms with van der Waals surface area (Å²) in [7, 11) is 0. The third kappa shape index (κ3) is 3.50. The monoisotopic (exact) mass is 623 g/mol. The summed E-state index contributed by atoms with van der Waals surface area (Å²) in [5.41, 5.74) is 1.06. The molecule has 3 aliphatic rings. The average Bonchev–Trinajstić information content (AvgIpc) is 3.18. The molecule has 2 aromatic carbocycles. The third-order valence-electron chi connectivity index (χ3n) is 7.26. The Bertz CT molecular complexity index is 1740. The maximum Gasteiger partial charge on any atom is 0.352 e. The minimum Gasteiger partial charge on any atom is -0.504 e. The zero-order valence-electron chi connectivity index (χ0n) is 20.3. The van der Waals surface area contributed by atoms with Crippen LogP contribution in [0.2, 0.25) is 0 Å². The Labute approximate surface area is 230 Å². The van der Waals surface area contributed by atoms with Crippen LogP contribution in [0.5, 0.6) is 11.5 Å². The number of hydrogen-bond acceptors (Lipinski definition) is 6. The second-order valence-electron chi connectivity index (χ2n) is 9.22. The molecule has 1 N–H and O–H groups in total. The number of benzene rings is 2. The van der Waals surface area contributed by atoms with E-state index in [1.807, 2.05) is 28.7 Å². The van der Waals surface area contributed by atoms with Crippen molar-refractivity contribution >= 4 is 34.2 Å². The Morgan fingerprint density at radius 1 is 1.03 bits per heavy atom. The van der Waals surface area contributed by atoms with Crippen LogP contribution in [0.25, 0.3) is 5.69 Å². The summed E-state index contributed by atoms with van der Waals surface area (Å²) in [5.74, 6) is -1.27. The topological polar surface area (TPSA) is 113 Å². The summed E-state index contributed by atoms with van der Waals surface area (Å²) in [6.45, 7) is 2.22. The van der Waals surface area contributed by atoms with Crippen LogP contribution in [0.1, 0.15) is 30.9 Å². The summed E-state index contributed by atoms with van der Waals surface area (Å²) < 4.78 is 9.74. The Morgan fingerprint density at radius 2 is 1.79 bits per heavy atom. The van der Waals surface area contributed by atoms with Crippen LogP contribution in [0.4, 0.5) is 0 Å². The highest BCUT2D eigenvalue weighted by Crippen LogP contribution is 2.52. The number of phenols is 1. The molecule has 3 aromatic rings. The number of nitrogens with zero attached hydrogens (tertiary/aromatic N) is 3. The van der Waals surface area contributed by atoms with E-state index in [-0.39, 0.29) is 45.2 Å². The van der Waals surface area contributed by atoms with Crippen LogP contribution in [0.3, 0.4) is 0 Å². The van der Waals surface area contributed by atoms with Crippen molar-refractivity contribution in [3.8, 4) is 17.2 Å². The van der Waals surface area contributed by atoms with E-state index in [0.29, 0.717) is 29.0 Å². The first-order valence-electron chi connectivity index (χ1n) is 12.2. The Balaban J connectivity index is 1.60. The van der Waals surface area contributed by atoms with Gasteiger partial charge in [0, 0.05) is 35.1 Å². The van der Waals surface area contributed by atoms with Gasteiger partial charge in [-0.25, -0.2) is 23.5 Å².